The van der Waals surface area contributed by atoms with Gasteiger partial charge in [-0.15, -0.1) is 0 Å². The zero-order chi connectivity index (χ0) is 13.6. The van der Waals surface area contributed by atoms with Crippen molar-refractivity contribution in [1.82, 2.24) is 10.0 Å². The summed E-state index contributed by atoms with van der Waals surface area (Å²) in [6, 6.07) is 0. The van der Waals surface area contributed by atoms with E-state index in [0.29, 0.717) is 6.54 Å². The van der Waals surface area contributed by atoms with Crippen molar-refractivity contribution >= 4 is 15.9 Å². The fourth-order valence-corrected chi connectivity index (χ4v) is 3.41. The lowest BCUT2D eigenvalue weighted by Crippen LogP contribution is -2.56. The third-order valence-electron chi connectivity index (χ3n) is 3.04. The summed E-state index contributed by atoms with van der Waals surface area (Å²) in [6.07, 6.45) is 5.70. The average molecular weight is 272 g/mol. The molecule has 0 radical (unpaired) electrons. The molecule has 1 aliphatic rings. The summed E-state index contributed by atoms with van der Waals surface area (Å²) in [4.78, 5) is 11.3. The van der Waals surface area contributed by atoms with Crippen LogP contribution in [-0.4, -0.2) is 32.7 Å². The third-order valence-corrected chi connectivity index (χ3v) is 3.84. The first kappa shape index (κ1) is 15.0. The Labute approximate surface area is 109 Å². The van der Waals surface area contributed by atoms with Gasteiger partial charge in [-0.1, -0.05) is 25.2 Å². The minimum absolute atomic E-state index is 0.299. The monoisotopic (exact) mass is 272 g/mol. The number of amides is 1. The van der Waals surface area contributed by atoms with Crippen LogP contribution in [0.15, 0.2) is 0 Å². The normalized spacial score (nSPS) is 18.6. The van der Waals surface area contributed by atoms with Crippen molar-refractivity contribution in [2.45, 2.75) is 44.6 Å². The Kier molecular flexibility index (Phi) is 5.17. The van der Waals surface area contributed by atoms with Crippen molar-refractivity contribution in [3.05, 3.63) is 0 Å². The molecular weight excluding hydrogens is 252 g/mol. The summed E-state index contributed by atoms with van der Waals surface area (Å²) in [5.41, 5.74) is -0.545. The molecule has 1 saturated carbocycles. The molecule has 1 fully saturated rings. The molecular formula is C12H20N2O3S. The predicted molar refractivity (Wildman–Crippen MR) is 70.3 cm³/mol. The summed E-state index contributed by atoms with van der Waals surface area (Å²) in [5.74, 6) is 4.54. The predicted octanol–water partition coefficient (Wildman–Crippen LogP) is 0.378. The number of carbonyl (C=O) groups excluding carboxylic acids is 1. The van der Waals surface area contributed by atoms with Gasteiger partial charge in [0.05, 0.1) is 11.8 Å². The van der Waals surface area contributed by atoms with E-state index in [0.717, 1.165) is 38.4 Å². The number of carbonyl (C=O) groups is 1. The number of hydrogen-bond donors (Lipinski definition) is 2. The van der Waals surface area contributed by atoms with E-state index in [4.69, 9.17) is 0 Å². The molecule has 6 heteroatoms. The summed E-state index contributed by atoms with van der Waals surface area (Å²) in [6.45, 7) is 1.89. The molecule has 0 aromatic carbocycles. The molecule has 0 aromatic rings. The molecule has 0 aliphatic heterocycles. The van der Waals surface area contributed by atoms with Gasteiger partial charge in [-0.3, -0.25) is 4.79 Å². The highest BCUT2D eigenvalue weighted by Crippen LogP contribution is 2.28. The van der Waals surface area contributed by atoms with Crippen LogP contribution < -0.4 is 10.0 Å². The van der Waals surface area contributed by atoms with Crippen LogP contribution in [-0.2, 0) is 14.8 Å². The molecule has 102 valence electrons. The van der Waals surface area contributed by atoms with Gasteiger partial charge in [0.1, 0.15) is 0 Å². The van der Waals surface area contributed by atoms with Crippen LogP contribution in [0.2, 0.25) is 0 Å². The molecule has 0 saturated heterocycles. The standard InChI is InChI=1S/C12H20N2O3S/c1-3-7-11(15)13-10-12(14-18(2,16)17)8-5-4-6-9-12/h14H,4-6,8-10H2,1-2H3,(H,13,15). The van der Waals surface area contributed by atoms with E-state index < -0.39 is 15.6 Å². The average Bonchev–Trinajstić information content (AvgIpc) is 2.26. The molecule has 2 N–H and O–H groups in total. The van der Waals surface area contributed by atoms with Crippen LogP contribution in [0.4, 0.5) is 0 Å². The highest BCUT2D eigenvalue weighted by atomic mass is 32.2. The molecule has 5 nitrogen and oxygen atoms in total. The summed E-state index contributed by atoms with van der Waals surface area (Å²) in [7, 11) is -3.28. The van der Waals surface area contributed by atoms with Crippen LogP contribution in [0.3, 0.4) is 0 Å². The Bertz CT molecular complexity index is 453. The Hall–Kier alpha value is -1.06. The Balaban J connectivity index is 2.71. The van der Waals surface area contributed by atoms with Crippen LogP contribution >= 0.6 is 0 Å². The van der Waals surface area contributed by atoms with E-state index in [1.54, 1.807) is 6.92 Å². The second-order valence-corrected chi connectivity index (χ2v) is 6.52. The number of nitrogens with one attached hydrogen (secondary N) is 2. The van der Waals surface area contributed by atoms with Crippen molar-refractivity contribution in [2.75, 3.05) is 12.8 Å². The second-order valence-electron chi connectivity index (χ2n) is 4.77. The summed E-state index contributed by atoms with van der Waals surface area (Å²) >= 11 is 0. The topological polar surface area (TPSA) is 75.3 Å². The molecule has 1 amide bonds. The fraction of sp³-hybridized carbons (Fsp3) is 0.750. The van der Waals surface area contributed by atoms with Gasteiger partial charge in [0.2, 0.25) is 10.0 Å². The molecule has 0 spiro atoms. The zero-order valence-corrected chi connectivity index (χ0v) is 11.7. The van der Waals surface area contributed by atoms with E-state index in [1.807, 2.05) is 0 Å². The summed E-state index contributed by atoms with van der Waals surface area (Å²) < 4.78 is 25.5. The van der Waals surface area contributed by atoms with Gasteiger partial charge in [0, 0.05) is 6.54 Å². The maximum atomic E-state index is 11.4. The van der Waals surface area contributed by atoms with E-state index in [9.17, 15) is 13.2 Å². The number of rotatable bonds is 4. The van der Waals surface area contributed by atoms with Gasteiger partial charge in [0.25, 0.3) is 5.91 Å². The van der Waals surface area contributed by atoms with Gasteiger partial charge >= 0.3 is 0 Å². The van der Waals surface area contributed by atoms with Gasteiger partial charge in [-0.05, 0) is 25.7 Å². The van der Waals surface area contributed by atoms with Gasteiger partial charge in [-0.25, -0.2) is 13.1 Å². The van der Waals surface area contributed by atoms with Gasteiger partial charge in [0.15, 0.2) is 0 Å². The molecule has 0 aromatic heterocycles. The largest absolute Gasteiger partial charge is 0.343 e. The minimum atomic E-state index is -3.28. The van der Waals surface area contributed by atoms with Gasteiger partial charge < -0.3 is 5.32 Å². The lowest BCUT2D eigenvalue weighted by atomic mass is 9.82. The maximum Gasteiger partial charge on any atom is 0.295 e. The Morgan fingerprint density at radius 2 is 1.89 bits per heavy atom. The lowest BCUT2D eigenvalue weighted by molar-refractivity contribution is -0.116. The van der Waals surface area contributed by atoms with Crippen LogP contribution in [0.1, 0.15) is 39.0 Å². The number of hydrogen-bond acceptors (Lipinski definition) is 3. The van der Waals surface area contributed by atoms with Crippen LogP contribution in [0.5, 0.6) is 0 Å². The van der Waals surface area contributed by atoms with Crippen molar-refractivity contribution < 1.29 is 13.2 Å². The van der Waals surface area contributed by atoms with E-state index in [1.165, 1.54) is 0 Å². The summed E-state index contributed by atoms with van der Waals surface area (Å²) in [5, 5.41) is 2.68. The van der Waals surface area contributed by atoms with E-state index in [-0.39, 0.29) is 5.91 Å². The Morgan fingerprint density at radius 1 is 1.28 bits per heavy atom. The Morgan fingerprint density at radius 3 is 2.39 bits per heavy atom. The zero-order valence-electron chi connectivity index (χ0n) is 10.9. The van der Waals surface area contributed by atoms with Crippen molar-refractivity contribution in [1.29, 1.82) is 0 Å². The third kappa shape index (κ3) is 5.07. The quantitative estimate of drug-likeness (QED) is 0.726. The number of sulfonamides is 1. The molecule has 0 heterocycles. The van der Waals surface area contributed by atoms with Crippen molar-refractivity contribution in [3.8, 4) is 11.8 Å². The smallest absolute Gasteiger partial charge is 0.295 e. The SMILES string of the molecule is CC#CC(=O)NCC1(NS(C)(=O)=O)CCCCC1. The minimum Gasteiger partial charge on any atom is -0.343 e. The van der Waals surface area contributed by atoms with Crippen molar-refractivity contribution in [3.63, 3.8) is 0 Å². The molecule has 1 rings (SSSR count). The first-order valence-electron chi connectivity index (χ1n) is 6.06. The van der Waals surface area contributed by atoms with E-state index in [2.05, 4.69) is 21.9 Å². The highest BCUT2D eigenvalue weighted by molar-refractivity contribution is 7.88. The van der Waals surface area contributed by atoms with Crippen LogP contribution in [0, 0.1) is 11.8 Å². The highest BCUT2D eigenvalue weighted by Gasteiger charge is 2.34. The van der Waals surface area contributed by atoms with Crippen LogP contribution in [0.25, 0.3) is 0 Å². The first-order valence-corrected chi connectivity index (χ1v) is 7.96. The van der Waals surface area contributed by atoms with E-state index >= 15 is 0 Å². The van der Waals surface area contributed by atoms with Crippen molar-refractivity contribution in [2.24, 2.45) is 0 Å². The maximum absolute atomic E-state index is 11.4. The molecule has 0 unspecified atom stereocenters. The fourth-order valence-electron chi connectivity index (χ4n) is 2.34. The molecule has 0 bridgehead atoms. The molecule has 1 aliphatic carbocycles. The molecule has 18 heavy (non-hydrogen) atoms. The lowest BCUT2D eigenvalue weighted by Gasteiger charge is -2.37. The first-order chi connectivity index (χ1) is 8.37. The second kappa shape index (κ2) is 6.21. The molecule has 0 atom stereocenters. The van der Waals surface area contributed by atoms with Gasteiger partial charge in [-0.2, -0.15) is 0 Å².